The van der Waals surface area contributed by atoms with Crippen LogP contribution in [0.1, 0.15) is 19.3 Å². The molecule has 16 heavy (non-hydrogen) atoms. The van der Waals surface area contributed by atoms with Gasteiger partial charge in [0.05, 0.1) is 19.2 Å². The van der Waals surface area contributed by atoms with Crippen LogP contribution in [-0.2, 0) is 9.53 Å². The molecule has 1 saturated carbocycles. The van der Waals surface area contributed by atoms with E-state index in [4.69, 9.17) is 9.84 Å². The summed E-state index contributed by atoms with van der Waals surface area (Å²) in [4.78, 5) is 11.5. The number of methoxy groups -OCH3 is 1. The maximum atomic E-state index is 11.5. The van der Waals surface area contributed by atoms with Crippen LogP contribution in [-0.4, -0.2) is 50.5 Å². The van der Waals surface area contributed by atoms with Crippen molar-refractivity contribution in [3.05, 3.63) is 0 Å². The SMILES string of the molecule is COCC(CCO)NC(=O)CNCC1CC1. The maximum absolute atomic E-state index is 11.5. The molecule has 0 bridgehead atoms. The standard InChI is InChI=1S/C11H22N2O3/c1-16-8-10(4-5-14)13-11(15)7-12-6-9-2-3-9/h9-10,12,14H,2-8H2,1H3,(H,13,15). The molecule has 94 valence electrons. The van der Waals surface area contributed by atoms with E-state index in [0.29, 0.717) is 19.6 Å². The normalized spacial score (nSPS) is 17.1. The van der Waals surface area contributed by atoms with E-state index in [-0.39, 0.29) is 18.6 Å². The van der Waals surface area contributed by atoms with E-state index in [1.54, 1.807) is 7.11 Å². The summed E-state index contributed by atoms with van der Waals surface area (Å²) < 4.78 is 4.96. The number of hydrogen-bond donors (Lipinski definition) is 3. The zero-order chi connectivity index (χ0) is 11.8. The number of aliphatic hydroxyl groups excluding tert-OH is 1. The summed E-state index contributed by atoms with van der Waals surface area (Å²) in [5.41, 5.74) is 0. The molecule has 1 amide bonds. The first kappa shape index (κ1) is 13.4. The Morgan fingerprint density at radius 3 is 2.88 bits per heavy atom. The molecule has 1 atom stereocenters. The van der Waals surface area contributed by atoms with Crippen molar-refractivity contribution in [2.75, 3.05) is 33.4 Å². The number of ether oxygens (including phenoxy) is 1. The fraction of sp³-hybridized carbons (Fsp3) is 0.909. The molecule has 0 aliphatic heterocycles. The Labute approximate surface area is 96.6 Å². The zero-order valence-electron chi connectivity index (χ0n) is 9.87. The first-order valence-corrected chi connectivity index (χ1v) is 5.86. The minimum absolute atomic E-state index is 0.0313. The predicted octanol–water partition coefficient (Wildman–Crippen LogP) is -0.500. The van der Waals surface area contributed by atoms with Gasteiger partial charge < -0.3 is 20.5 Å². The third-order valence-corrected chi connectivity index (χ3v) is 2.63. The van der Waals surface area contributed by atoms with Crippen molar-refractivity contribution in [1.29, 1.82) is 0 Å². The molecular formula is C11H22N2O3. The van der Waals surface area contributed by atoms with Crippen molar-refractivity contribution >= 4 is 5.91 Å². The summed E-state index contributed by atoms with van der Waals surface area (Å²) in [7, 11) is 1.59. The van der Waals surface area contributed by atoms with Gasteiger partial charge in [0.25, 0.3) is 0 Å². The lowest BCUT2D eigenvalue weighted by Crippen LogP contribution is -2.43. The second-order valence-corrected chi connectivity index (χ2v) is 4.31. The second kappa shape index (κ2) is 7.60. The summed E-state index contributed by atoms with van der Waals surface area (Å²) in [6.45, 7) is 1.78. The van der Waals surface area contributed by atoms with Gasteiger partial charge in [0.15, 0.2) is 0 Å². The van der Waals surface area contributed by atoms with Gasteiger partial charge in [-0.2, -0.15) is 0 Å². The van der Waals surface area contributed by atoms with Gasteiger partial charge in [-0.25, -0.2) is 0 Å². The molecule has 1 rings (SSSR count). The zero-order valence-corrected chi connectivity index (χ0v) is 9.87. The van der Waals surface area contributed by atoms with Crippen LogP contribution < -0.4 is 10.6 Å². The molecule has 1 unspecified atom stereocenters. The van der Waals surface area contributed by atoms with E-state index in [1.807, 2.05) is 0 Å². The molecular weight excluding hydrogens is 208 g/mol. The highest BCUT2D eigenvalue weighted by molar-refractivity contribution is 5.78. The molecule has 0 aromatic rings. The number of nitrogens with one attached hydrogen (secondary N) is 2. The lowest BCUT2D eigenvalue weighted by Gasteiger charge is -2.16. The van der Waals surface area contributed by atoms with Gasteiger partial charge in [0.2, 0.25) is 5.91 Å². The highest BCUT2D eigenvalue weighted by Gasteiger charge is 2.20. The van der Waals surface area contributed by atoms with Gasteiger partial charge in [0, 0.05) is 13.7 Å². The summed E-state index contributed by atoms with van der Waals surface area (Å²) in [5.74, 6) is 0.746. The quantitative estimate of drug-likeness (QED) is 0.499. The monoisotopic (exact) mass is 230 g/mol. The van der Waals surface area contributed by atoms with Crippen LogP contribution in [0.4, 0.5) is 0 Å². The molecule has 5 nitrogen and oxygen atoms in total. The molecule has 0 heterocycles. The Morgan fingerprint density at radius 2 is 2.31 bits per heavy atom. The van der Waals surface area contributed by atoms with E-state index in [1.165, 1.54) is 12.8 Å². The molecule has 0 radical (unpaired) electrons. The third kappa shape index (κ3) is 6.05. The van der Waals surface area contributed by atoms with E-state index < -0.39 is 0 Å². The third-order valence-electron chi connectivity index (χ3n) is 2.63. The first-order valence-electron chi connectivity index (χ1n) is 5.86. The van der Waals surface area contributed by atoms with Crippen LogP contribution >= 0.6 is 0 Å². The van der Waals surface area contributed by atoms with Gasteiger partial charge in [-0.15, -0.1) is 0 Å². The topological polar surface area (TPSA) is 70.6 Å². The minimum Gasteiger partial charge on any atom is -0.396 e. The van der Waals surface area contributed by atoms with Gasteiger partial charge in [-0.1, -0.05) is 0 Å². The number of aliphatic hydroxyl groups is 1. The summed E-state index contributed by atoms with van der Waals surface area (Å²) in [5, 5.41) is 14.8. The predicted molar refractivity (Wildman–Crippen MR) is 61.1 cm³/mol. The highest BCUT2D eigenvalue weighted by Crippen LogP contribution is 2.27. The van der Waals surface area contributed by atoms with Crippen molar-refractivity contribution in [3.63, 3.8) is 0 Å². The Kier molecular flexibility index (Phi) is 6.37. The summed E-state index contributed by atoms with van der Waals surface area (Å²) >= 11 is 0. The molecule has 5 heteroatoms. The minimum atomic E-state index is -0.0924. The number of carbonyl (C=O) groups excluding carboxylic acids is 1. The first-order chi connectivity index (χ1) is 7.76. The smallest absolute Gasteiger partial charge is 0.234 e. The lowest BCUT2D eigenvalue weighted by molar-refractivity contribution is -0.121. The van der Waals surface area contributed by atoms with Gasteiger partial charge in [-0.05, 0) is 31.7 Å². The van der Waals surface area contributed by atoms with E-state index in [9.17, 15) is 4.79 Å². The maximum Gasteiger partial charge on any atom is 0.234 e. The van der Waals surface area contributed by atoms with Crippen molar-refractivity contribution in [3.8, 4) is 0 Å². The Hall–Kier alpha value is -0.650. The van der Waals surface area contributed by atoms with E-state index in [2.05, 4.69) is 10.6 Å². The average molecular weight is 230 g/mol. The largest absolute Gasteiger partial charge is 0.396 e. The molecule has 1 aliphatic rings. The van der Waals surface area contributed by atoms with Crippen molar-refractivity contribution < 1.29 is 14.6 Å². The molecule has 1 aliphatic carbocycles. The number of amides is 1. The molecule has 0 aromatic heterocycles. The molecule has 0 spiro atoms. The van der Waals surface area contributed by atoms with Crippen molar-refractivity contribution in [2.24, 2.45) is 5.92 Å². The van der Waals surface area contributed by atoms with E-state index >= 15 is 0 Å². The number of hydrogen-bond acceptors (Lipinski definition) is 4. The van der Waals surface area contributed by atoms with Crippen LogP contribution in [0.25, 0.3) is 0 Å². The molecule has 1 fully saturated rings. The van der Waals surface area contributed by atoms with Crippen molar-refractivity contribution in [2.45, 2.75) is 25.3 Å². The van der Waals surface area contributed by atoms with Crippen LogP contribution in [0.15, 0.2) is 0 Å². The van der Waals surface area contributed by atoms with Gasteiger partial charge in [0.1, 0.15) is 0 Å². The van der Waals surface area contributed by atoms with Crippen LogP contribution in [0, 0.1) is 5.92 Å². The average Bonchev–Trinajstić information content (AvgIpc) is 3.02. The Bertz CT molecular complexity index is 201. The fourth-order valence-electron chi connectivity index (χ4n) is 1.54. The highest BCUT2D eigenvalue weighted by atomic mass is 16.5. The molecule has 3 N–H and O–H groups in total. The summed E-state index contributed by atoms with van der Waals surface area (Å²) in [6.07, 6.45) is 3.10. The Morgan fingerprint density at radius 1 is 1.56 bits per heavy atom. The number of carbonyl (C=O) groups is 1. The number of rotatable bonds is 9. The second-order valence-electron chi connectivity index (χ2n) is 4.31. The van der Waals surface area contributed by atoms with Gasteiger partial charge in [-0.3, -0.25) is 4.79 Å². The Balaban J connectivity index is 2.07. The van der Waals surface area contributed by atoms with Gasteiger partial charge >= 0.3 is 0 Å². The van der Waals surface area contributed by atoms with Crippen LogP contribution in [0.5, 0.6) is 0 Å². The van der Waals surface area contributed by atoms with Crippen LogP contribution in [0.3, 0.4) is 0 Å². The molecule has 0 aromatic carbocycles. The lowest BCUT2D eigenvalue weighted by atomic mass is 10.2. The van der Waals surface area contributed by atoms with Crippen LogP contribution in [0.2, 0.25) is 0 Å². The van der Waals surface area contributed by atoms with E-state index in [0.717, 1.165) is 12.5 Å². The van der Waals surface area contributed by atoms with Crippen molar-refractivity contribution in [1.82, 2.24) is 10.6 Å². The molecule has 0 saturated heterocycles. The summed E-state index contributed by atoms with van der Waals surface area (Å²) in [6, 6.07) is -0.0924. The fourth-order valence-corrected chi connectivity index (χ4v) is 1.54.